The zero-order valence-corrected chi connectivity index (χ0v) is 13.3. The summed E-state index contributed by atoms with van der Waals surface area (Å²) in [7, 11) is 1.70. The highest BCUT2D eigenvalue weighted by Gasteiger charge is 2.44. The van der Waals surface area contributed by atoms with Crippen molar-refractivity contribution in [2.45, 2.75) is 31.1 Å². The van der Waals surface area contributed by atoms with E-state index in [1.807, 2.05) is 4.90 Å². The SMILES string of the molecule is CO[C@H]1CCN(C(=O)COc2cccc(Cl)c2)[C@H]2CCO[C@H]12. The first-order valence-electron chi connectivity index (χ1n) is 7.51. The summed E-state index contributed by atoms with van der Waals surface area (Å²) in [6, 6.07) is 7.15. The van der Waals surface area contributed by atoms with Crippen molar-refractivity contribution >= 4 is 17.5 Å². The van der Waals surface area contributed by atoms with Crippen molar-refractivity contribution in [3.63, 3.8) is 0 Å². The number of rotatable bonds is 4. The highest BCUT2D eigenvalue weighted by Crippen LogP contribution is 2.30. The highest BCUT2D eigenvalue weighted by molar-refractivity contribution is 6.30. The molecule has 0 N–H and O–H groups in total. The Morgan fingerprint density at radius 1 is 1.45 bits per heavy atom. The Hall–Kier alpha value is -1.30. The second-order valence-electron chi connectivity index (χ2n) is 5.59. The van der Waals surface area contributed by atoms with Crippen LogP contribution in [0, 0.1) is 0 Å². The zero-order valence-electron chi connectivity index (χ0n) is 12.5. The van der Waals surface area contributed by atoms with E-state index in [1.54, 1.807) is 31.4 Å². The highest BCUT2D eigenvalue weighted by atomic mass is 35.5. The first-order chi connectivity index (χ1) is 10.7. The number of nitrogens with zero attached hydrogens (tertiary/aromatic N) is 1. The predicted octanol–water partition coefficient (Wildman–Crippen LogP) is 2.12. The van der Waals surface area contributed by atoms with Gasteiger partial charge in [-0.15, -0.1) is 0 Å². The van der Waals surface area contributed by atoms with Crippen molar-refractivity contribution in [2.75, 3.05) is 26.9 Å². The molecule has 0 bridgehead atoms. The van der Waals surface area contributed by atoms with Gasteiger partial charge in [-0.05, 0) is 31.0 Å². The van der Waals surface area contributed by atoms with E-state index in [0.717, 1.165) is 12.8 Å². The lowest BCUT2D eigenvalue weighted by molar-refractivity contribution is -0.145. The molecule has 2 aliphatic heterocycles. The molecule has 0 aromatic heterocycles. The van der Waals surface area contributed by atoms with Gasteiger partial charge in [-0.1, -0.05) is 17.7 Å². The standard InChI is InChI=1S/C16H20ClNO4/c1-20-14-5-7-18(13-6-8-21-16(13)14)15(19)10-22-12-4-2-3-11(17)9-12/h2-4,9,13-14,16H,5-8,10H2,1H3/t13-,14-,16-/m0/s1. The normalized spacial score (nSPS) is 27.5. The number of carbonyl (C=O) groups excluding carboxylic acids is 1. The average Bonchev–Trinajstić information content (AvgIpc) is 3.01. The van der Waals surface area contributed by atoms with Gasteiger partial charge in [0.25, 0.3) is 5.91 Å². The molecule has 22 heavy (non-hydrogen) atoms. The molecular formula is C16H20ClNO4. The molecule has 2 saturated heterocycles. The van der Waals surface area contributed by atoms with Gasteiger partial charge in [-0.3, -0.25) is 4.79 Å². The molecule has 120 valence electrons. The number of fused-ring (bicyclic) bond motifs is 1. The molecule has 2 fully saturated rings. The predicted molar refractivity (Wildman–Crippen MR) is 82.2 cm³/mol. The zero-order chi connectivity index (χ0) is 15.5. The van der Waals surface area contributed by atoms with E-state index in [1.165, 1.54) is 0 Å². The number of methoxy groups -OCH3 is 1. The van der Waals surface area contributed by atoms with Gasteiger partial charge in [-0.2, -0.15) is 0 Å². The van der Waals surface area contributed by atoms with Crippen LogP contribution in [-0.2, 0) is 14.3 Å². The molecule has 0 spiro atoms. The fraction of sp³-hybridized carbons (Fsp3) is 0.562. The van der Waals surface area contributed by atoms with E-state index >= 15 is 0 Å². The first-order valence-corrected chi connectivity index (χ1v) is 7.89. The van der Waals surface area contributed by atoms with E-state index in [-0.39, 0.29) is 30.8 Å². The first kappa shape index (κ1) is 15.6. The Kier molecular flexibility index (Phi) is 4.86. The summed E-state index contributed by atoms with van der Waals surface area (Å²) in [6.45, 7) is 1.37. The molecule has 0 aliphatic carbocycles. The molecule has 1 aromatic carbocycles. The Morgan fingerprint density at radius 3 is 3.09 bits per heavy atom. The molecule has 0 saturated carbocycles. The summed E-state index contributed by atoms with van der Waals surface area (Å²) in [4.78, 5) is 14.3. The minimum Gasteiger partial charge on any atom is -0.484 e. The van der Waals surface area contributed by atoms with Crippen LogP contribution in [0.3, 0.4) is 0 Å². The summed E-state index contributed by atoms with van der Waals surface area (Å²) < 4.78 is 16.8. The molecule has 2 heterocycles. The van der Waals surface area contributed by atoms with Crippen LogP contribution in [0.15, 0.2) is 24.3 Å². The van der Waals surface area contributed by atoms with Crippen LogP contribution in [0.2, 0.25) is 5.02 Å². The number of ether oxygens (including phenoxy) is 3. The second-order valence-corrected chi connectivity index (χ2v) is 6.02. The number of hydrogen-bond donors (Lipinski definition) is 0. The fourth-order valence-electron chi connectivity index (χ4n) is 3.23. The summed E-state index contributed by atoms with van der Waals surface area (Å²) in [6.07, 6.45) is 1.70. The summed E-state index contributed by atoms with van der Waals surface area (Å²) >= 11 is 5.91. The van der Waals surface area contributed by atoms with Crippen molar-refractivity contribution in [3.8, 4) is 5.75 Å². The van der Waals surface area contributed by atoms with Crippen LogP contribution in [0.25, 0.3) is 0 Å². The van der Waals surface area contributed by atoms with E-state index in [2.05, 4.69) is 0 Å². The number of hydrogen-bond acceptors (Lipinski definition) is 4. The lowest BCUT2D eigenvalue weighted by Crippen LogP contribution is -2.56. The third-order valence-electron chi connectivity index (χ3n) is 4.31. The number of carbonyl (C=O) groups is 1. The monoisotopic (exact) mass is 325 g/mol. The van der Waals surface area contributed by atoms with Crippen molar-refractivity contribution in [1.29, 1.82) is 0 Å². The van der Waals surface area contributed by atoms with E-state index in [0.29, 0.717) is 23.9 Å². The van der Waals surface area contributed by atoms with Gasteiger partial charge in [-0.25, -0.2) is 0 Å². The number of likely N-dealkylation sites (tertiary alicyclic amines) is 1. The third kappa shape index (κ3) is 3.21. The lowest BCUT2D eigenvalue weighted by atomic mass is 9.95. The van der Waals surface area contributed by atoms with Crippen LogP contribution >= 0.6 is 11.6 Å². The lowest BCUT2D eigenvalue weighted by Gasteiger charge is -2.40. The van der Waals surface area contributed by atoms with Gasteiger partial charge >= 0.3 is 0 Å². The van der Waals surface area contributed by atoms with E-state index < -0.39 is 0 Å². The van der Waals surface area contributed by atoms with Crippen molar-refractivity contribution in [1.82, 2.24) is 4.90 Å². The molecule has 0 unspecified atom stereocenters. The van der Waals surface area contributed by atoms with Crippen molar-refractivity contribution < 1.29 is 19.0 Å². The van der Waals surface area contributed by atoms with Gasteiger partial charge in [0.05, 0.1) is 12.1 Å². The van der Waals surface area contributed by atoms with Crippen molar-refractivity contribution in [3.05, 3.63) is 29.3 Å². The maximum absolute atomic E-state index is 12.5. The number of piperidine rings is 1. The largest absolute Gasteiger partial charge is 0.484 e. The Labute approximate surface area is 135 Å². The molecule has 1 aromatic rings. The number of halogens is 1. The molecule has 1 amide bonds. The second kappa shape index (κ2) is 6.86. The molecule has 0 radical (unpaired) electrons. The number of amides is 1. The maximum Gasteiger partial charge on any atom is 0.260 e. The Morgan fingerprint density at radius 2 is 2.32 bits per heavy atom. The summed E-state index contributed by atoms with van der Waals surface area (Å²) in [5.41, 5.74) is 0. The summed E-state index contributed by atoms with van der Waals surface area (Å²) in [5.74, 6) is 0.585. The molecule has 3 rings (SSSR count). The number of benzene rings is 1. The van der Waals surface area contributed by atoms with E-state index in [9.17, 15) is 4.79 Å². The fourth-order valence-corrected chi connectivity index (χ4v) is 3.41. The topological polar surface area (TPSA) is 48.0 Å². The molecule has 2 aliphatic rings. The van der Waals surface area contributed by atoms with Crippen LogP contribution in [-0.4, -0.2) is 55.9 Å². The summed E-state index contributed by atoms with van der Waals surface area (Å²) in [5, 5.41) is 0.593. The van der Waals surface area contributed by atoms with Crippen LogP contribution in [0.4, 0.5) is 0 Å². The van der Waals surface area contributed by atoms with Crippen LogP contribution in [0.5, 0.6) is 5.75 Å². The molecule has 3 atom stereocenters. The minimum absolute atomic E-state index is 0.0151. The Balaban J connectivity index is 1.60. The third-order valence-corrected chi connectivity index (χ3v) is 4.54. The van der Waals surface area contributed by atoms with Gasteiger partial charge < -0.3 is 19.1 Å². The van der Waals surface area contributed by atoms with Crippen LogP contribution in [0.1, 0.15) is 12.8 Å². The van der Waals surface area contributed by atoms with Crippen molar-refractivity contribution in [2.24, 2.45) is 0 Å². The van der Waals surface area contributed by atoms with Gasteiger partial charge in [0.15, 0.2) is 6.61 Å². The molecular weight excluding hydrogens is 306 g/mol. The van der Waals surface area contributed by atoms with Gasteiger partial charge in [0, 0.05) is 25.3 Å². The molecule has 6 heteroatoms. The van der Waals surface area contributed by atoms with Gasteiger partial charge in [0.1, 0.15) is 11.9 Å². The van der Waals surface area contributed by atoms with E-state index in [4.69, 9.17) is 25.8 Å². The smallest absolute Gasteiger partial charge is 0.260 e. The minimum atomic E-state index is -0.0196. The van der Waals surface area contributed by atoms with Crippen LogP contribution < -0.4 is 4.74 Å². The average molecular weight is 326 g/mol. The maximum atomic E-state index is 12.5. The van der Waals surface area contributed by atoms with Gasteiger partial charge in [0.2, 0.25) is 0 Å². The Bertz CT molecular complexity index is 539. The molecule has 5 nitrogen and oxygen atoms in total. The quantitative estimate of drug-likeness (QED) is 0.851.